The van der Waals surface area contributed by atoms with Crippen molar-refractivity contribution in [1.29, 1.82) is 0 Å². The van der Waals surface area contributed by atoms with E-state index in [2.05, 4.69) is 4.98 Å². The molecule has 0 fully saturated rings. The van der Waals surface area contributed by atoms with E-state index in [0.29, 0.717) is 5.75 Å². The van der Waals surface area contributed by atoms with Crippen LogP contribution in [-0.2, 0) is 0 Å². The predicted molar refractivity (Wildman–Crippen MR) is 52.6 cm³/mol. The van der Waals surface area contributed by atoms with Gasteiger partial charge in [-0.2, -0.15) is 0 Å². The zero-order valence-corrected chi connectivity index (χ0v) is 7.41. The highest BCUT2D eigenvalue weighted by Gasteiger charge is 2.06. The van der Waals surface area contributed by atoms with Gasteiger partial charge in [-0.15, -0.1) is 0 Å². The number of phenolic OH excluding ortho intramolecular Hbond substituents is 1. The normalized spacial score (nSPS) is 13.4. The Kier molecular flexibility index (Phi) is 1.74. The van der Waals surface area contributed by atoms with Crippen LogP contribution in [0.5, 0.6) is 5.75 Å². The van der Waals surface area contributed by atoms with E-state index in [1.165, 1.54) is 0 Å². The molecule has 68 valence electrons. The van der Waals surface area contributed by atoms with E-state index in [-0.39, 0.29) is 6.04 Å². The predicted octanol–water partition coefficient (Wildman–Crippen LogP) is 1.89. The Bertz CT molecular complexity index is 431. The molecular formula is C10H12N2O. The van der Waals surface area contributed by atoms with Gasteiger partial charge in [-0.05, 0) is 25.1 Å². The maximum absolute atomic E-state index is 9.51. The van der Waals surface area contributed by atoms with Crippen LogP contribution in [0.1, 0.15) is 18.7 Å². The van der Waals surface area contributed by atoms with Gasteiger partial charge in [-0.1, -0.05) is 6.07 Å². The zero-order chi connectivity index (χ0) is 9.42. The highest BCUT2D eigenvalue weighted by molar-refractivity contribution is 5.86. The van der Waals surface area contributed by atoms with Crippen LogP contribution in [0, 0.1) is 0 Å². The van der Waals surface area contributed by atoms with Crippen LogP contribution in [0.25, 0.3) is 10.9 Å². The monoisotopic (exact) mass is 176 g/mol. The van der Waals surface area contributed by atoms with Crippen LogP contribution < -0.4 is 5.73 Å². The number of aromatic amines is 1. The van der Waals surface area contributed by atoms with Crippen molar-refractivity contribution in [2.75, 3.05) is 0 Å². The Morgan fingerprint density at radius 3 is 2.85 bits per heavy atom. The number of hydrogen-bond acceptors (Lipinski definition) is 2. The third-order valence-corrected chi connectivity index (χ3v) is 2.15. The molecule has 0 aliphatic carbocycles. The standard InChI is InChI=1S/C10H12N2O/c1-6(11)9-5-7-8(12-9)3-2-4-10(7)13/h2-6,12-13H,11H2,1H3. The van der Waals surface area contributed by atoms with Gasteiger partial charge in [-0.25, -0.2) is 0 Å². The molecule has 0 spiro atoms. The first-order valence-corrected chi connectivity index (χ1v) is 4.24. The minimum atomic E-state index is -0.0354. The lowest BCUT2D eigenvalue weighted by molar-refractivity contribution is 0.481. The van der Waals surface area contributed by atoms with Crippen molar-refractivity contribution >= 4 is 10.9 Å². The topological polar surface area (TPSA) is 62.0 Å². The third-order valence-electron chi connectivity index (χ3n) is 2.15. The minimum absolute atomic E-state index is 0.0354. The van der Waals surface area contributed by atoms with Crippen molar-refractivity contribution in [3.63, 3.8) is 0 Å². The summed E-state index contributed by atoms with van der Waals surface area (Å²) < 4.78 is 0. The molecule has 1 aromatic carbocycles. The first-order chi connectivity index (χ1) is 6.18. The summed E-state index contributed by atoms with van der Waals surface area (Å²) in [6.07, 6.45) is 0. The smallest absolute Gasteiger partial charge is 0.124 e. The summed E-state index contributed by atoms with van der Waals surface area (Å²) in [5.41, 5.74) is 7.58. The fourth-order valence-electron chi connectivity index (χ4n) is 1.41. The highest BCUT2D eigenvalue weighted by Crippen LogP contribution is 2.26. The Balaban J connectivity index is 2.68. The minimum Gasteiger partial charge on any atom is -0.507 e. The quantitative estimate of drug-likeness (QED) is 0.621. The lowest BCUT2D eigenvalue weighted by atomic mass is 10.2. The van der Waals surface area contributed by atoms with E-state index in [1.54, 1.807) is 12.1 Å². The van der Waals surface area contributed by atoms with Gasteiger partial charge in [0.1, 0.15) is 5.75 Å². The fraction of sp³-hybridized carbons (Fsp3) is 0.200. The number of fused-ring (bicyclic) bond motifs is 1. The molecule has 0 aliphatic heterocycles. The lowest BCUT2D eigenvalue weighted by Crippen LogP contribution is -2.04. The number of benzene rings is 1. The van der Waals surface area contributed by atoms with Gasteiger partial charge in [0, 0.05) is 22.6 Å². The summed E-state index contributed by atoms with van der Waals surface area (Å²) in [7, 11) is 0. The molecule has 1 heterocycles. The molecular weight excluding hydrogens is 164 g/mol. The van der Waals surface area contributed by atoms with Gasteiger partial charge in [0.25, 0.3) is 0 Å². The number of H-pyrrole nitrogens is 1. The van der Waals surface area contributed by atoms with Crippen LogP contribution in [0.3, 0.4) is 0 Å². The summed E-state index contributed by atoms with van der Waals surface area (Å²) in [5.74, 6) is 0.292. The van der Waals surface area contributed by atoms with E-state index in [1.807, 2.05) is 19.1 Å². The fourth-order valence-corrected chi connectivity index (χ4v) is 1.41. The number of nitrogens with one attached hydrogen (secondary N) is 1. The number of nitrogens with two attached hydrogens (primary N) is 1. The van der Waals surface area contributed by atoms with Gasteiger partial charge >= 0.3 is 0 Å². The van der Waals surface area contributed by atoms with Gasteiger partial charge in [0.15, 0.2) is 0 Å². The van der Waals surface area contributed by atoms with Crippen LogP contribution >= 0.6 is 0 Å². The summed E-state index contributed by atoms with van der Waals surface area (Å²) in [6, 6.07) is 7.24. The van der Waals surface area contributed by atoms with E-state index >= 15 is 0 Å². The Morgan fingerprint density at radius 2 is 2.23 bits per heavy atom. The van der Waals surface area contributed by atoms with E-state index in [9.17, 15) is 5.11 Å². The third kappa shape index (κ3) is 1.27. The van der Waals surface area contributed by atoms with Crippen molar-refractivity contribution < 1.29 is 5.11 Å². The molecule has 4 N–H and O–H groups in total. The molecule has 0 aliphatic rings. The van der Waals surface area contributed by atoms with Crippen molar-refractivity contribution in [2.24, 2.45) is 5.73 Å². The molecule has 13 heavy (non-hydrogen) atoms. The molecule has 0 bridgehead atoms. The molecule has 0 saturated heterocycles. The van der Waals surface area contributed by atoms with Crippen LogP contribution in [0.15, 0.2) is 24.3 Å². The molecule has 0 saturated carbocycles. The number of phenols is 1. The molecule has 0 radical (unpaired) electrons. The Hall–Kier alpha value is -1.48. The molecule has 3 heteroatoms. The molecule has 3 nitrogen and oxygen atoms in total. The summed E-state index contributed by atoms with van der Waals surface area (Å²) in [4.78, 5) is 3.15. The van der Waals surface area contributed by atoms with Gasteiger partial charge in [-0.3, -0.25) is 0 Å². The molecule has 1 atom stereocenters. The molecule has 1 unspecified atom stereocenters. The summed E-state index contributed by atoms with van der Waals surface area (Å²) >= 11 is 0. The number of aromatic hydroxyl groups is 1. The second-order valence-corrected chi connectivity index (χ2v) is 3.25. The number of aromatic nitrogens is 1. The van der Waals surface area contributed by atoms with Gasteiger partial charge in [0.2, 0.25) is 0 Å². The second kappa shape index (κ2) is 2.78. The SMILES string of the molecule is CC(N)c1cc2c(O)cccc2[nH]1. The first kappa shape index (κ1) is 8.13. The van der Waals surface area contributed by atoms with Crippen LogP contribution in [0.4, 0.5) is 0 Å². The van der Waals surface area contributed by atoms with Gasteiger partial charge < -0.3 is 15.8 Å². The maximum Gasteiger partial charge on any atom is 0.124 e. The Morgan fingerprint density at radius 1 is 1.46 bits per heavy atom. The lowest BCUT2D eigenvalue weighted by Gasteiger charge is -1.98. The van der Waals surface area contributed by atoms with E-state index in [4.69, 9.17) is 5.73 Å². The van der Waals surface area contributed by atoms with Crippen LogP contribution in [0.2, 0.25) is 0 Å². The van der Waals surface area contributed by atoms with Crippen molar-refractivity contribution in [2.45, 2.75) is 13.0 Å². The Labute approximate surface area is 76.2 Å². The van der Waals surface area contributed by atoms with Crippen molar-refractivity contribution in [1.82, 2.24) is 4.98 Å². The molecule has 2 rings (SSSR count). The average molecular weight is 176 g/mol. The van der Waals surface area contributed by atoms with Crippen LogP contribution in [-0.4, -0.2) is 10.1 Å². The maximum atomic E-state index is 9.51. The average Bonchev–Trinajstić information content (AvgIpc) is 2.49. The highest BCUT2D eigenvalue weighted by atomic mass is 16.3. The first-order valence-electron chi connectivity index (χ1n) is 4.24. The van der Waals surface area contributed by atoms with Crippen molar-refractivity contribution in [3.05, 3.63) is 30.0 Å². The van der Waals surface area contributed by atoms with Gasteiger partial charge in [0.05, 0.1) is 0 Å². The second-order valence-electron chi connectivity index (χ2n) is 3.25. The summed E-state index contributed by atoms with van der Waals surface area (Å²) in [6.45, 7) is 1.90. The number of hydrogen-bond donors (Lipinski definition) is 3. The zero-order valence-electron chi connectivity index (χ0n) is 7.41. The summed E-state index contributed by atoms with van der Waals surface area (Å²) in [5, 5.41) is 10.3. The van der Waals surface area contributed by atoms with E-state index in [0.717, 1.165) is 16.6 Å². The molecule has 0 amide bonds. The van der Waals surface area contributed by atoms with E-state index < -0.39 is 0 Å². The van der Waals surface area contributed by atoms with Crippen molar-refractivity contribution in [3.8, 4) is 5.75 Å². The largest absolute Gasteiger partial charge is 0.507 e. The molecule has 1 aromatic heterocycles. The number of rotatable bonds is 1. The molecule has 2 aromatic rings.